The molecule has 0 aromatic heterocycles. The van der Waals surface area contributed by atoms with E-state index in [1.165, 1.54) is 0 Å². The number of nitrogens with zero attached hydrogens (tertiary/aromatic N) is 2. The van der Waals surface area contributed by atoms with Gasteiger partial charge in [0.1, 0.15) is 17.8 Å². The monoisotopic (exact) mass is 552 g/mol. The standard InChI is InChI=1S/C33H36N4O4/c1-36(2)28(22-24-10-5-3-6-11-24)32(39)35-29-30(25-12-7-4-8-13-25)41-26-17-15-23(16-18-26)19-20-34-31(38)27-14-9-21-37(27)33(29)40/h3-8,10-13,15-20,27-30H,9,14,21-22H2,1-2H3,(H,34,38)(H,35,39)/b20-19-/t27-,28-,29-,30+/m0/s1. The summed E-state index contributed by atoms with van der Waals surface area (Å²) >= 11 is 0. The number of amides is 3. The van der Waals surface area contributed by atoms with E-state index < -0.39 is 24.2 Å². The smallest absolute Gasteiger partial charge is 0.250 e. The maximum atomic E-state index is 14.4. The summed E-state index contributed by atoms with van der Waals surface area (Å²) in [7, 11) is 3.70. The Kier molecular flexibility index (Phi) is 8.79. The highest BCUT2D eigenvalue weighted by atomic mass is 16.5. The normalized spacial score (nSPS) is 22.3. The molecule has 3 aliphatic rings. The van der Waals surface area contributed by atoms with Gasteiger partial charge in [0.05, 0.1) is 6.04 Å². The zero-order valence-corrected chi connectivity index (χ0v) is 23.4. The average Bonchev–Trinajstić information content (AvgIpc) is 3.49. The lowest BCUT2D eigenvalue weighted by Gasteiger charge is -2.35. The predicted molar refractivity (Wildman–Crippen MR) is 158 cm³/mol. The molecule has 2 bridgehead atoms. The van der Waals surface area contributed by atoms with Crippen molar-refractivity contribution in [3.63, 3.8) is 0 Å². The number of carbonyl (C=O) groups excluding carboxylic acids is 3. The first-order valence-electron chi connectivity index (χ1n) is 14.0. The molecule has 0 aliphatic carbocycles. The van der Waals surface area contributed by atoms with Crippen LogP contribution in [0.5, 0.6) is 5.75 Å². The second-order valence-corrected chi connectivity index (χ2v) is 10.7. The summed E-state index contributed by atoms with van der Waals surface area (Å²) in [6.07, 6.45) is 4.28. The molecule has 4 atom stereocenters. The first-order chi connectivity index (χ1) is 19.9. The molecule has 0 radical (unpaired) electrons. The van der Waals surface area contributed by atoms with E-state index in [4.69, 9.17) is 4.74 Å². The van der Waals surface area contributed by atoms with Crippen LogP contribution in [0, 0.1) is 0 Å². The van der Waals surface area contributed by atoms with E-state index in [1.54, 1.807) is 17.2 Å². The molecule has 3 aromatic carbocycles. The van der Waals surface area contributed by atoms with Crippen molar-refractivity contribution in [2.75, 3.05) is 20.6 Å². The average molecular weight is 553 g/mol. The van der Waals surface area contributed by atoms with E-state index in [2.05, 4.69) is 10.6 Å². The zero-order valence-electron chi connectivity index (χ0n) is 23.4. The molecule has 0 unspecified atom stereocenters. The maximum Gasteiger partial charge on any atom is 0.250 e. The molecule has 3 heterocycles. The summed E-state index contributed by atoms with van der Waals surface area (Å²) in [6, 6.07) is 24.4. The number of ether oxygens (including phenoxy) is 1. The fourth-order valence-corrected chi connectivity index (χ4v) is 5.44. The van der Waals surface area contributed by atoms with E-state index >= 15 is 0 Å². The van der Waals surface area contributed by atoms with Crippen molar-refractivity contribution in [1.29, 1.82) is 0 Å². The highest BCUT2D eigenvalue weighted by Crippen LogP contribution is 2.29. The van der Waals surface area contributed by atoms with Crippen molar-refractivity contribution >= 4 is 23.8 Å². The Labute approximate surface area is 241 Å². The fraction of sp³-hybridized carbons (Fsp3) is 0.303. The van der Waals surface area contributed by atoms with Crippen LogP contribution in [0.15, 0.2) is 91.1 Å². The largest absolute Gasteiger partial charge is 0.483 e. The lowest BCUT2D eigenvalue weighted by molar-refractivity contribution is -0.144. The minimum Gasteiger partial charge on any atom is -0.483 e. The summed E-state index contributed by atoms with van der Waals surface area (Å²) in [6.45, 7) is 0.420. The molecule has 3 aromatic rings. The van der Waals surface area contributed by atoms with Gasteiger partial charge in [0.15, 0.2) is 6.10 Å². The van der Waals surface area contributed by atoms with Crippen LogP contribution in [0.25, 0.3) is 6.08 Å². The van der Waals surface area contributed by atoms with Gasteiger partial charge in [-0.05, 0) is 68.3 Å². The third-order valence-electron chi connectivity index (χ3n) is 7.68. The first-order valence-corrected chi connectivity index (χ1v) is 14.0. The van der Waals surface area contributed by atoms with Gasteiger partial charge in [-0.2, -0.15) is 0 Å². The van der Waals surface area contributed by atoms with Gasteiger partial charge < -0.3 is 20.3 Å². The van der Waals surface area contributed by atoms with Gasteiger partial charge in [-0.15, -0.1) is 0 Å². The van der Waals surface area contributed by atoms with Crippen molar-refractivity contribution in [1.82, 2.24) is 20.4 Å². The number of nitrogens with one attached hydrogen (secondary N) is 2. The van der Waals surface area contributed by atoms with E-state index in [0.29, 0.717) is 31.6 Å². The van der Waals surface area contributed by atoms with Crippen molar-refractivity contribution in [2.45, 2.75) is 43.5 Å². The molecule has 8 nitrogen and oxygen atoms in total. The topological polar surface area (TPSA) is 91.0 Å². The minimum absolute atomic E-state index is 0.252. The van der Waals surface area contributed by atoms with Gasteiger partial charge in [0.2, 0.25) is 17.7 Å². The highest BCUT2D eigenvalue weighted by Gasteiger charge is 2.42. The van der Waals surface area contributed by atoms with Crippen LogP contribution in [-0.2, 0) is 20.8 Å². The Morgan fingerprint density at radius 2 is 1.68 bits per heavy atom. The maximum absolute atomic E-state index is 14.4. The highest BCUT2D eigenvalue weighted by molar-refractivity contribution is 5.94. The first kappa shape index (κ1) is 28.1. The Morgan fingerprint density at radius 3 is 2.37 bits per heavy atom. The number of benzene rings is 3. The predicted octanol–water partition coefficient (Wildman–Crippen LogP) is 3.56. The molecule has 0 spiro atoms. The van der Waals surface area contributed by atoms with Gasteiger partial charge in [0, 0.05) is 12.7 Å². The number of hydrogen-bond donors (Lipinski definition) is 2. The summed E-state index contributed by atoms with van der Waals surface area (Å²) in [4.78, 5) is 45.0. The Morgan fingerprint density at radius 1 is 1.00 bits per heavy atom. The number of rotatable bonds is 6. The molecular weight excluding hydrogens is 516 g/mol. The lowest BCUT2D eigenvalue weighted by Crippen LogP contribution is -2.58. The number of fused-ring (bicyclic) bond motifs is 7. The molecule has 212 valence electrons. The van der Waals surface area contributed by atoms with Crippen molar-refractivity contribution in [3.05, 3.63) is 108 Å². The number of likely N-dealkylation sites (N-methyl/N-ethyl adjacent to an activating group) is 1. The summed E-state index contributed by atoms with van der Waals surface area (Å²) in [5.41, 5.74) is 2.65. The van der Waals surface area contributed by atoms with Crippen LogP contribution in [0.1, 0.15) is 35.6 Å². The third-order valence-corrected chi connectivity index (χ3v) is 7.68. The third kappa shape index (κ3) is 6.66. The van der Waals surface area contributed by atoms with Crippen LogP contribution in [0.3, 0.4) is 0 Å². The second-order valence-electron chi connectivity index (χ2n) is 10.7. The summed E-state index contributed by atoms with van der Waals surface area (Å²) in [5, 5.41) is 5.91. The van der Waals surface area contributed by atoms with Crippen LogP contribution in [0.4, 0.5) is 0 Å². The van der Waals surface area contributed by atoms with Crippen LogP contribution in [-0.4, -0.2) is 66.3 Å². The molecule has 8 heteroatoms. The molecule has 3 amide bonds. The zero-order chi connectivity index (χ0) is 28.8. The van der Waals surface area contributed by atoms with E-state index in [-0.39, 0.29) is 17.7 Å². The molecule has 1 fully saturated rings. The SMILES string of the molecule is CN(C)[C@@H](Cc1ccccc1)C(=O)N[C@@H]1C(=O)N2CCC[C@H]2C(=O)N/C=C\c2ccc(cc2)O[C@@H]1c1ccccc1. The summed E-state index contributed by atoms with van der Waals surface area (Å²) < 4.78 is 6.52. The van der Waals surface area contributed by atoms with E-state index in [0.717, 1.165) is 16.7 Å². The number of carbonyl (C=O) groups is 3. The van der Waals surface area contributed by atoms with Crippen molar-refractivity contribution in [2.24, 2.45) is 0 Å². The second kappa shape index (κ2) is 12.8. The lowest BCUT2D eigenvalue weighted by atomic mass is 9.98. The Hall–Kier alpha value is -4.43. The molecule has 0 saturated carbocycles. The molecular formula is C33H36N4O4. The van der Waals surface area contributed by atoms with Gasteiger partial charge in [-0.3, -0.25) is 19.3 Å². The molecule has 6 rings (SSSR count). The quantitative estimate of drug-likeness (QED) is 0.488. The minimum atomic E-state index is -1.07. The molecule has 3 aliphatic heterocycles. The van der Waals surface area contributed by atoms with Gasteiger partial charge >= 0.3 is 0 Å². The Balaban J connectivity index is 1.55. The van der Waals surface area contributed by atoms with Crippen LogP contribution < -0.4 is 15.4 Å². The van der Waals surface area contributed by atoms with Gasteiger partial charge in [0.25, 0.3) is 0 Å². The van der Waals surface area contributed by atoms with Gasteiger partial charge in [-0.25, -0.2) is 0 Å². The van der Waals surface area contributed by atoms with E-state index in [9.17, 15) is 14.4 Å². The van der Waals surface area contributed by atoms with Crippen molar-refractivity contribution < 1.29 is 19.1 Å². The fourth-order valence-electron chi connectivity index (χ4n) is 5.44. The summed E-state index contributed by atoms with van der Waals surface area (Å²) in [5.74, 6) is -0.324. The number of hydrogen-bond acceptors (Lipinski definition) is 5. The van der Waals surface area contributed by atoms with Crippen LogP contribution in [0.2, 0.25) is 0 Å². The van der Waals surface area contributed by atoms with Crippen LogP contribution >= 0.6 is 0 Å². The van der Waals surface area contributed by atoms with Gasteiger partial charge in [-0.1, -0.05) is 72.8 Å². The van der Waals surface area contributed by atoms with Crippen molar-refractivity contribution in [3.8, 4) is 5.75 Å². The molecule has 1 saturated heterocycles. The molecule has 41 heavy (non-hydrogen) atoms. The Bertz CT molecular complexity index is 1380. The molecule has 2 N–H and O–H groups in total. The van der Waals surface area contributed by atoms with E-state index in [1.807, 2.05) is 104 Å².